The van der Waals surface area contributed by atoms with Crippen molar-refractivity contribution in [2.45, 2.75) is 37.5 Å². The van der Waals surface area contributed by atoms with Gasteiger partial charge >= 0.3 is 0 Å². The van der Waals surface area contributed by atoms with Crippen molar-refractivity contribution in [2.75, 3.05) is 39.0 Å². The molecule has 2 saturated heterocycles. The van der Waals surface area contributed by atoms with Gasteiger partial charge in [0.05, 0.1) is 36.0 Å². The maximum atomic E-state index is 15.1. The van der Waals surface area contributed by atoms with Gasteiger partial charge in [-0.25, -0.2) is 32.0 Å². The number of carbonyl (C=O) groups is 2. The van der Waals surface area contributed by atoms with Gasteiger partial charge in [0, 0.05) is 50.8 Å². The molecule has 0 bridgehead atoms. The number of amides is 2. The maximum Gasteiger partial charge on any atom is 0.257 e. The molecular formula is C30H29ClF4N8O3. The van der Waals surface area contributed by atoms with Crippen LogP contribution in [0.15, 0.2) is 42.9 Å². The van der Waals surface area contributed by atoms with E-state index in [-0.39, 0.29) is 66.9 Å². The fourth-order valence-electron chi connectivity index (χ4n) is 5.81. The second-order valence-electron chi connectivity index (χ2n) is 11.3. The van der Waals surface area contributed by atoms with Crippen LogP contribution < -0.4 is 15.8 Å². The van der Waals surface area contributed by atoms with Crippen LogP contribution in [0.3, 0.4) is 0 Å². The van der Waals surface area contributed by atoms with Crippen molar-refractivity contribution >= 4 is 34.7 Å². The first-order valence-electron chi connectivity index (χ1n) is 14.4. The Bertz CT molecular complexity index is 1810. The van der Waals surface area contributed by atoms with Crippen molar-refractivity contribution in [3.63, 3.8) is 0 Å². The Morgan fingerprint density at radius 3 is 2.61 bits per heavy atom. The van der Waals surface area contributed by atoms with Crippen molar-refractivity contribution in [1.29, 1.82) is 0 Å². The number of pyridine rings is 1. The third kappa shape index (κ3) is 6.16. The third-order valence-electron chi connectivity index (χ3n) is 8.24. The average molecular weight is 661 g/mol. The van der Waals surface area contributed by atoms with E-state index in [1.807, 2.05) is 4.90 Å². The highest BCUT2D eigenvalue weighted by Crippen LogP contribution is 2.33. The molecule has 2 amide bonds. The number of benzene rings is 1. The van der Waals surface area contributed by atoms with Crippen LogP contribution in [0.4, 0.5) is 23.4 Å². The van der Waals surface area contributed by atoms with Gasteiger partial charge in [0.1, 0.15) is 29.4 Å². The Labute approximate surface area is 265 Å². The molecule has 0 aliphatic carbocycles. The second kappa shape index (κ2) is 12.4. The third-order valence-corrected chi connectivity index (χ3v) is 8.55. The predicted molar refractivity (Wildman–Crippen MR) is 160 cm³/mol. The molecule has 0 spiro atoms. The van der Waals surface area contributed by atoms with Gasteiger partial charge < -0.3 is 20.7 Å². The highest BCUT2D eigenvalue weighted by molar-refractivity contribution is 6.33. The van der Waals surface area contributed by atoms with Crippen LogP contribution in [0.1, 0.15) is 39.1 Å². The fourth-order valence-corrected chi connectivity index (χ4v) is 6.06. The molecule has 16 heteroatoms. The number of rotatable bonds is 7. The molecule has 2 fully saturated rings. The lowest BCUT2D eigenvalue weighted by Gasteiger charge is -2.31. The van der Waals surface area contributed by atoms with E-state index in [2.05, 4.69) is 20.4 Å². The quantitative estimate of drug-likeness (QED) is 0.285. The van der Waals surface area contributed by atoms with Crippen molar-refractivity contribution in [2.24, 2.45) is 0 Å². The number of alkyl halides is 3. The molecule has 0 saturated carbocycles. The number of piperidine rings is 1. The van der Waals surface area contributed by atoms with Crippen LogP contribution in [-0.4, -0.2) is 92.6 Å². The van der Waals surface area contributed by atoms with E-state index >= 15 is 4.39 Å². The van der Waals surface area contributed by atoms with Crippen molar-refractivity contribution < 1.29 is 31.9 Å². The molecule has 3 N–H and O–H groups in total. The number of carbonyl (C=O) groups excluding carboxylic acids is 2. The minimum Gasteiger partial charge on any atom is -0.480 e. The first kappa shape index (κ1) is 31.5. The second-order valence-corrected chi connectivity index (χ2v) is 11.7. The molecule has 0 radical (unpaired) electrons. The van der Waals surface area contributed by atoms with E-state index in [4.69, 9.17) is 22.1 Å². The monoisotopic (exact) mass is 660 g/mol. The number of hydrogen-bond acceptors (Lipinski definition) is 8. The summed E-state index contributed by atoms with van der Waals surface area (Å²) in [6.45, 7) is 0.282. The van der Waals surface area contributed by atoms with Gasteiger partial charge in [0.2, 0.25) is 5.88 Å². The Morgan fingerprint density at radius 1 is 1.13 bits per heavy atom. The van der Waals surface area contributed by atoms with Gasteiger partial charge in [0.15, 0.2) is 5.82 Å². The largest absolute Gasteiger partial charge is 0.480 e. The van der Waals surface area contributed by atoms with Crippen molar-refractivity contribution in [3.8, 4) is 17.1 Å². The summed E-state index contributed by atoms with van der Waals surface area (Å²) in [4.78, 5) is 38.0. The lowest BCUT2D eigenvalue weighted by Crippen LogP contribution is -2.42. The number of aromatic nitrogens is 4. The molecule has 6 rings (SSSR count). The number of nitrogens with two attached hydrogens (primary N) is 1. The van der Waals surface area contributed by atoms with Crippen LogP contribution in [0.2, 0.25) is 5.02 Å². The molecule has 2 aliphatic rings. The lowest BCUT2D eigenvalue weighted by atomic mass is 10.1. The Kier molecular flexibility index (Phi) is 8.46. The van der Waals surface area contributed by atoms with Gasteiger partial charge in [-0.1, -0.05) is 11.6 Å². The van der Waals surface area contributed by atoms with Crippen molar-refractivity contribution in [1.82, 2.24) is 34.7 Å². The van der Waals surface area contributed by atoms with Gasteiger partial charge in [-0.05, 0) is 35.9 Å². The summed E-state index contributed by atoms with van der Waals surface area (Å²) in [6, 6.07) is 5.54. The highest BCUT2D eigenvalue weighted by atomic mass is 35.5. The average Bonchev–Trinajstić information content (AvgIpc) is 3.58. The number of hydrogen-bond donors (Lipinski definition) is 2. The molecule has 0 unspecified atom stereocenters. The number of halogens is 5. The normalized spacial score (nSPS) is 19.8. The molecule has 5 heterocycles. The smallest absolute Gasteiger partial charge is 0.257 e. The molecule has 3 aromatic heterocycles. The summed E-state index contributed by atoms with van der Waals surface area (Å²) < 4.78 is 62.9. The number of methoxy groups -OCH3 is 1. The van der Waals surface area contributed by atoms with E-state index in [1.54, 1.807) is 10.6 Å². The van der Waals surface area contributed by atoms with Crippen LogP contribution in [0, 0.1) is 5.82 Å². The van der Waals surface area contributed by atoms with E-state index < -0.39 is 35.8 Å². The first-order chi connectivity index (χ1) is 21.9. The minimum absolute atomic E-state index is 0.00431. The molecule has 4 aromatic rings. The molecule has 11 nitrogen and oxygen atoms in total. The SMILES string of the molecule is COc1ncc(-c2cc(CN3CCC(F)(F)CC3)c3c(N)ncnn23)cc1C(=O)N[C@@H]1CN(C(=O)c2ccc(F)cc2Cl)C[C@@H]1F. The zero-order valence-electron chi connectivity index (χ0n) is 24.5. The van der Waals surface area contributed by atoms with Gasteiger partial charge in [-0.15, -0.1) is 0 Å². The molecule has 2 aliphatic heterocycles. The summed E-state index contributed by atoms with van der Waals surface area (Å²) in [5.41, 5.74) is 8.37. The van der Waals surface area contributed by atoms with Crippen LogP contribution in [0.5, 0.6) is 5.88 Å². The predicted octanol–water partition coefficient (Wildman–Crippen LogP) is 4.00. The van der Waals surface area contributed by atoms with Gasteiger partial charge in [-0.3, -0.25) is 14.5 Å². The molecule has 2 atom stereocenters. The Balaban J connectivity index is 1.25. The van der Waals surface area contributed by atoms with Crippen LogP contribution >= 0.6 is 11.6 Å². The molecule has 46 heavy (non-hydrogen) atoms. The fraction of sp³-hybridized carbons (Fsp3) is 0.367. The number of nitrogens with one attached hydrogen (secondary N) is 1. The van der Waals surface area contributed by atoms with E-state index in [1.165, 1.54) is 36.7 Å². The van der Waals surface area contributed by atoms with E-state index in [9.17, 15) is 22.8 Å². The van der Waals surface area contributed by atoms with Gasteiger partial charge in [-0.2, -0.15) is 5.10 Å². The maximum absolute atomic E-state index is 15.1. The van der Waals surface area contributed by atoms with E-state index in [0.29, 0.717) is 28.9 Å². The number of nitrogens with zero attached hydrogens (tertiary/aromatic N) is 6. The highest BCUT2D eigenvalue weighted by Gasteiger charge is 2.38. The van der Waals surface area contributed by atoms with Gasteiger partial charge in [0.25, 0.3) is 17.7 Å². The topological polar surface area (TPSA) is 131 Å². The number of ether oxygens (including phenoxy) is 1. The number of fused-ring (bicyclic) bond motifs is 1. The zero-order valence-corrected chi connectivity index (χ0v) is 25.3. The summed E-state index contributed by atoms with van der Waals surface area (Å²) >= 11 is 6.03. The number of nitrogen functional groups attached to an aromatic ring is 1. The number of likely N-dealkylation sites (tertiary alicyclic amines) is 2. The summed E-state index contributed by atoms with van der Waals surface area (Å²) in [5.74, 6) is -4.43. The molecular weight excluding hydrogens is 632 g/mol. The summed E-state index contributed by atoms with van der Waals surface area (Å²) in [5, 5.41) is 6.86. The van der Waals surface area contributed by atoms with Crippen LogP contribution in [0.25, 0.3) is 16.8 Å². The molecule has 1 aromatic carbocycles. The summed E-state index contributed by atoms with van der Waals surface area (Å²) in [6.07, 6.45) is 0.660. The zero-order chi connectivity index (χ0) is 32.7. The van der Waals surface area contributed by atoms with E-state index in [0.717, 1.165) is 12.1 Å². The Morgan fingerprint density at radius 2 is 1.89 bits per heavy atom. The first-order valence-corrected chi connectivity index (χ1v) is 14.8. The lowest BCUT2D eigenvalue weighted by molar-refractivity contribution is -0.0565. The standard InChI is InChI=1S/C30H29ClF4N8O3/c1-46-28-20(27(44)40-23-14-42(13-22(23)33)29(45)19-3-2-18(32)10-21(19)31)8-16(11-37-28)24-9-17(25-26(36)38-15-39-43(24)25)12-41-6-4-30(34,35)5-7-41/h2-3,8-11,15,22-23H,4-7,12-14H2,1H3,(H,40,44)(H2,36,38,39)/t22-,23+/m0/s1. The molecule has 242 valence electrons. The van der Waals surface area contributed by atoms with Crippen LogP contribution in [-0.2, 0) is 6.54 Å². The Hall–Kier alpha value is -4.50. The van der Waals surface area contributed by atoms with Crippen molar-refractivity contribution in [3.05, 3.63) is 70.4 Å². The summed E-state index contributed by atoms with van der Waals surface area (Å²) in [7, 11) is 1.33. The number of anilines is 1. The minimum atomic E-state index is -2.69.